The van der Waals surface area contributed by atoms with E-state index in [1.165, 1.54) is 6.39 Å². The number of carbonyl (C=O) groups is 1. The lowest BCUT2D eigenvalue weighted by Crippen LogP contribution is -2.23. The van der Waals surface area contributed by atoms with Crippen LogP contribution in [-0.4, -0.2) is 10.9 Å². The molecule has 2 rings (SSSR count). The zero-order chi connectivity index (χ0) is 13.0. The number of benzene rings is 1. The quantitative estimate of drug-likeness (QED) is 0.864. The number of carbonyl (C=O) groups excluding carboxylic acids is 1. The Bertz CT molecular complexity index is 534. The number of nitrogens with one attached hydrogen (secondary N) is 1. The van der Waals surface area contributed by atoms with Gasteiger partial charge in [-0.15, -0.1) is 11.6 Å². The Labute approximate surface area is 110 Å². The van der Waals surface area contributed by atoms with E-state index in [1.807, 2.05) is 24.3 Å². The first-order valence-electron chi connectivity index (χ1n) is 5.53. The second kappa shape index (κ2) is 5.69. The van der Waals surface area contributed by atoms with Crippen LogP contribution < -0.4 is 5.32 Å². The van der Waals surface area contributed by atoms with E-state index in [0.29, 0.717) is 18.1 Å². The Hall–Kier alpha value is -1.81. The molecule has 0 unspecified atom stereocenters. The standard InChI is InChI=1S/C13H13ClN2O2/c1-9-12(18-8-16-9)13(17)15-7-11-4-2-10(6-14)3-5-11/h2-5,8H,6-7H2,1H3,(H,15,17). The highest BCUT2D eigenvalue weighted by atomic mass is 35.5. The number of amides is 1. The average Bonchev–Trinajstić information content (AvgIpc) is 2.83. The normalized spacial score (nSPS) is 10.3. The van der Waals surface area contributed by atoms with Gasteiger partial charge < -0.3 is 9.73 Å². The van der Waals surface area contributed by atoms with Crippen LogP contribution in [0.1, 0.15) is 27.4 Å². The highest BCUT2D eigenvalue weighted by Gasteiger charge is 2.12. The number of rotatable bonds is 4. The minimum Gasteiger partial charge on any atom is -0.438 e. The molecule has 0 aliphatic carbocycles. The van der Waals surface area contributed by atoms with Gasteiger partial charge in [-0.25, -0.2) is 4.98 Å². The predicted octanol–water partition coefficient (Wildman–Crippen LogP) is 2.65. The minimum atomic E-state index is -0.258. The van der Waals surface area contributed by atoms with Gasteiger partial charge in [0.1, 0.15) is 0 Å². The molecule has 1 aromatic carbocycles. The lowest BCUT2D eigenvalue weighted by Gasteiger charge is -2.04. The highest BCUT2D eigenvalue weighted by molar-refractivity contribution is 6.17. The summed E-state index contributed by atoms with van der Waals surface area (Å²) in [5, 5.41) is 2.77. The number of aryl methyl sites for hydroxylation is 1. The smallest absolute Gasteiger partial charge is 0.289 e. The van der Waals surface area contributed by atoms with E-state index in [9.17, 15) is 4.79 Å². The van der Waals surface area contributed by atoms with E-state index in [0.717, 1.165) is 11.1 Å². The second-order valence-electron chi connectivity index (χ2n) is 3.90. The summed E-state index contributed by atoms with van der Waals surface area (Å²) < 4.78 is 5.01. The largest absolute Gasteiger partial charge is 0.438 e. The van der Waals surface area contributed by atoms with Crippen LogP contribution >= 0.6 is 11.6 Å². The third-order valence-corrected chi connectivity index (χ3v) is 2.89. The molecule has 94 valence electrons. The molecule has 0 saturated carbocycles. The van der Waals surface area contributed by atoms with Crippen LogP contribution in [0.15, 0.2) is 35.1 Å². The van der Waals surface area contributed by atoms with Gasteiger partial charge in [-0.2, -0.15) is 0 Å². The Balaban J connectivity index is 1.95. The molecule has 18 heavy (non-hydrogen) atoms. The van der Waals surface area contributed by atoms with E-state index in [4.69, 9.17) is 16.0 Å². The van der Waals surface area contributed by atoms with Gasteiger partial charge in [-0.05, 0) is 18.1 Å². The number of halogens is 1. The summed E-state index contributed by atoms with van der Waals surface area (Å²) >= 11 is 5.70. The van der Waals surface area contributed by atoms with Crippen molar-refractivity contribution >= 4 is 17.5 Å². The number of nitrogens with zero attached hydrogens (tertiary/aromatic N) is 1. The number of oxazole rings is 1. The predicted molar refractivity (Wildman–Crippen MR) is 68.4 cm³/mol. The molecule has 0 fully saturated rings. The molecular formula is C13H13ClN2O2. The first-order chi connectivity index (χ1) is 8.70. The molecule has 5 heteroatoms. The van der Waals surface area contributed by atoms with Crippen molar-refractivity contribution in [3.05, 3.63) is 53.2 Å². The van der Waals surface area contributed by atoms with E-state index in [-0.39, 0.29) is 11.7 Å². The molecule has 1 aromatic heterocycles. The lowest BCUT2D eigenvalue weighted by molar-refractivity contribution is 0.0922. The summed E-state index contributed by atoms with van der Waals surface area (Å²) in [6.45, 7) is 2.18. The summed E-state index contributed by atoms with van der Waals surface area (Å²) in [4.78, 5) is 15.6. The maximum Gasteiger partial charge on any atom is 0.289 e. The fourth-order valence-corrected chi connectivity index (χ4v) is 1.71. The molecular weight excluding hydrogens is 252 g/mol. The SMILES string of the molecule is Cc1ncoc1C(=O)NCc1ccc(CCl)cc1. The summed E-state index contributed by atoms with van der Waals surface area (Å²) in [6.07, 6.45) is 1.26. The molecule has 1 amide bonds. The first kappa shape index (κ1) is 12.6. The zero-order valence-corrected chi connectivity index (χ0v) is 10.7. The van der Waals surface area contributed by atoms with Crippen molar-refractivity contribution in [3.63, 3.8) is 0 Å². The maximum absolute atomic E-state index is 11.8. The van der Waals surface area contributed by atoms with Gasteiger partial charge >= 0.3 is 0 Å². The van der Waals surface area contributed by atoms with Gasteiger partial charge in [-0.1, -0.05) is 24.3 Å². The molecule has 2 aromatic rings. The minimum absolute atomic E-state index is 0.257. The summed E-state index contributed by atoms with van der Waals surface area (Å²) in [7, 11) is 0. The first-order valence-corrected chi connectivity index (χ1v) is 6.06. The Morgan fingerprint density at radius 2 is 2.00 bits per heavy atom. The van der Waals surface area contributed by atoms with E-state index in [1.54, 1.807) is 6.92 Å². The van der Waals surface area contributed by atoms with Gasteiger partial charge in [0.25, 0.3) is 5.91 Å². The molecule has 0 saturated heterocycles. The zero-order valence-electron chi connectivity index (χ0n) is 9.94. The Morgan fingerprint density at radius 1 is 1.33 bits per heavy atom. The fraction of sp³-hybridized carbons (Fsp3) is 0.231. The highest BCUT2D eigenvalue weighted by Crippen LogP contribution is 2.08. The maximum atomic E-state index is 11.8. The number of aromatic nitrogens is 1. The van der Waals surface area contributed by atoms with Crippen LogP contribution in [0.5, 0.6) is 0 Å². The molecule has 1 N–H and O–H groups in total. The molecule has 0 radical (unpaired) electrons. The molecule has 0 bridgehead atoms. The number of hydrogen-bond acceptors (Lipinski definition) is 3. The van der Waals surface area contributed by atoms with Crippen molar-refractivity contribution in [2.75, 3.05) is 0 Å². The third-order valence-electron chi connectivity index (χ3n) is 2.58. The second-order valence-corrected chi connectivity index (χ2v) is 4.17. The van der Waals surface area contributed by atoms with Crippen LogP contribution in [0, 0.1) is 6.92 Å². The van der Waals surface area contributed by atoms with Gasteiger partial charge in [0.05, 0.1) is 5.69 Å². The van der Waals surface area contributed by atoms with E-state index in [2.05, 4.69) is 10.3 Å². The molecule has 0 atom stereocenters. The molecule has 0 spiro atoms. The molecule has 4 nitrogen and oxygen atoms in total. The van der Waals surface area contributed by atoms with Crippen LogP contribution in [0.25, 0.3) is 0 Å². The van der Waals surface area contributed by atoms with Crippen molar-refractivity contribution in [2.45, 2.75) is 19.3 Å². The van der Waals surface area contributed by atoms with Gasteiger partial charge in [0.2, 0.25) is 5.76 Å². The van der Waals surface area contributed by atoms with Crippen LogP contribution in [0.2, 0.25) is 0 Å². The van der Waals surface area contributed by atoms with Crippen molar-refractivity contribution in [2.24, 2.45) is 0 Å². The van der Waals surface area contributed by atoms with E-state index >= 15 is 0 Å². The van der Waals surface area contributed by atoms with Gasteiger partial charge in [0.15, 0.2) is 6.39 Å². The third kappa shape index (κ3) is 2.90. The van der Waals surface area contributed by atoms with Gasteiger partial charge in [0, 0.05) is 12.4 Å². The summed E-state index contributed by atoms with van der Waals surface area (Å²) in [5.41, 5.74) is 2.65. The molecule has 0 aliphatic heterocycles. The fourth-order valence-electron chi connectivity index (χ4n) is 1.53. The van der Waals surface area contributed by atoms with Crippen LogP contribution in [0.3, 0.4) is 0 Å². The van der Waals surface area contributed by atoms with E-state index < -0.39 is 0 Å². The summed E-state index contributed by atoms with van der Waals surface area (Å²) in [6, 6.07) is 7.75. The Morgan fingerprint density at radius 3 is 2.56 bits per heavy atom. The van der Waals surface area contributed by atoms with Crippen molar-refractivity contribution in [1.82, 2.24) is 10.3 Å². The van der Waals surface area contributed by atoms with Crippen molar-refractivity contribution < 1.29 is 9.21 Å². The number of alkyl halides is 1. The molecule has 0 aliphatic rings. The topological polar surface area (TPSA) is 55.1 Å². The van der Waals surface area contributed by atoms with Gasteiger partial charge in [-0.3, -0.25) is 4.79 Å². The monoisotopic (exact) mass is 264 g/mol. The Kier molecular flexibility index (Phi) is 3.99. The van der Waals surface area contributed by atoms with Crippen LogP contribution in [0.4, 0.5) is 0 Å². The van der Waals surface area contributed by atoms with Crippen LogP contribution in [-0.2, 0) is 12.4 Å². The van der Waals surface area contributed by atoms with Crippen molar-refractivity contribution in [3.8, 4) is 0 Å². The molecule has 1 heterocycles. The van der Waals surface area contributed by atoms with Crippen molar-refractivity contribution in [1.29, 1.82) is 0 Å². The number of hydrogen-bond donors (Lipinski definition) is 1. The lowest BCUT2D eigenvalue weighted by atomic mass is 10.1. The average molecular weight is 265 g/mol. The summed E-state index contributed by atoms with van der Waals surface area (Å²) in [5.74, 6) is 0.489.